The van der Waals surface area contributed by atoms with Crippen LogP contribution in [0.25, 0.3) is 0 Å². The zero-order valence-corrected chi connectivity index (χ0v) is 11.3. The Bertz CT molecular complexity index is 580. The number of benzene rings is 1. The number of aryl methyl sites for hydroxylation is 1. The topological polar surface area (TPSA) is 67.2 Å². The van der Waals surface area contributed by atoms with E-state index in [-0.39, 0.29) is 5.56 Å². The molecule has 0 radical (unpaired) electrons. The van der Waals surface area contributed by atoms with Crippen LogP contribution >= 0.6 is 15.9 Å². The third-order valence-electron chi connectivity index (χ3n) is 2.44. The van der Waals surface area contributed by atoms with Gasteiger partial charge in [0.1, 0.15) is 0 Å². The Balaban J connectivity index is 2.08. The first kappa shape index (κ1) is 12.6. The summed E-state index contributed by atoms with van der Waals surface area (Å²) in [5, 5.41) is 16.3. The van der Waals surface area contributed by atoms with Crippen LogP contribution in [0.15, 0.2) is 34.9 Å². The van der Waals surface area contributed by atoms with Gasteiger partial charge in [0.05, 0.1) is 17.8 Å². The number of anilines is 1. The van der Waals surface area contributed by atoms with Gasteiger partial charge in [-0.2, -0.15) is 5.10 Å². The summed E-state index contributed by atoms with van der Waals surface area (Å²) in [6, 6.07) is 6.79. The first-order valence-corrected chi connectivity index (χ1v) is 6.11. The molecule has 1 aromatic heterocycles. The molecule has 0 amide bonds. The van der Waals surface area contributed by atoms with E-state index in [0.717, 1.165) is 15.9 Å². The Morgan fingerprint density at radius 3 is 2.83 bits per heavy atom. The van der Waals surface area contributed by atoms with E-state index in [0.29, 0.717) is 6.54 Å². The average Bonchev–Trinajstić information content (AvgIpc) is 2.73. The number of hydrogen-bond donors (Lipinski definition) is 2. The highest BCUT2D eigenvalue weighted by molar-refractivity contribution is 9.10. The van der Waals surface area contributed by atoms with Crippen molar-refractivity contribution in [1.29, 1.82) is 0 Å². The number of hydrogen-bond acceptors (Lipinski definition) is 3. The molecule has 2 aromatic rings. The average molecular weight is 310 g/mol. The van der Waals surface area contributed by atoms with Crippen LogP contribution < -0.4 is 5.32 Å². The summed E-state index contributed by atoms with van der Waals surface area (Å²) in [6.07, 6.45) is 1.87. The number of carboxylic acids is 1. The van der Waals surface area contributed by atoms with Crippen molar-refractivity contribution in [1.82, 2.24) is 9.78 Å². The third kappa shape index (κ3) is 2.89. The molecule has 0 spiro atoms. The summed E-state index contributed by atoms with van der Waals surface area (Å²) in [7, 11) is 1.86. The number of aromatic carboxylic acids is 1. The van der Waals surface area contributed by atoms with Crippen molar-refractivity contribution in [2.24, 2.45) is 7.05 Å². The van der Waals surface area contributed by atoms with Gasteiger partial charge in [0.25, 0.3) is 0 Å². The number of nitrogens with one attached hydrogen (secondary N) is 1. The molecule has 0 aliphatic carbocycles. The predicted octanol–water partition coefficient (Wildman–Crippen LogP) is 2.49. The molecule has 6 heteroatoms. The zero-order chi connectivity index (χ0) is 13.1. The number of aromatic nitrogens is 2. The molecular formula is C12H12BrN3O2. The number of carbonyl (C=O) groups is 1. The molecule has 5 nitrogen and oxygen atoms in total. The summed E-state index contributed by atoms with van der Waals surface area (Å²) in [5.41, 5.74) is 2.02. The molecule has 0 saturated carbocycles. The highest BCUT2D eigenvalue weighted by Gasteiger charge is 2.06. The van der Waals surface area contributed by atoms with E-state index >= 15 is 0 Å². The molecule has 0 aliphatic heterocycles. The second kappa shape index (κ2) is 5.22. The molecule has 1 aromatic carbocycles. The van der Waals surface area contributed by atoms with Crippen molar-refractivity contribution >= 4 is 27.6 Å². The van der Waals surface area contributed by atoms with Crippen LogP contribution in [0.2, 0.25) is 0 Å². The van der Waals surface area contributed by atoms with E-state index < -0.39 is 5.97 Å². The summed E-state index contributed by atoms with van der Waals surface area (Å²) >= 11 is 3.34. The predicted molar refractivity (Wildman–Crippen MR) is 71.6 cm³/mol. The molecule has 0 unspecified atom stereocenters. The van der Waals surface area contributed by atoms with Gasteiger partial charge in [0.15, 0.2) is 0 Å². The molecule has 0 fully saturated rings. The second-order valence-corrected chi connectivity index (χ2v) is 4.69. The lowest BCUT2D eigenvalue weighted by atomic mass is 10.2. The van der Waals surface area contributed by atoms with Crippen LogP contribution in [-0.4, -0.2) is 20.9 Å². The summed E-state index contributed by atoms with van der Waals surface area (Å²) in [4.78, 5) is 10.8. The number of halogens is 1. The monoisotopic (exact) mass is 309 g/mol. The normalized spacial score (nSPS) is 10.3. The summed E-state index contributed by atoms with van der Waals surface area (Å²) in [5.74, 6) is -0.938. The lowest BCUT2D eigenvalue weighted by Crippen LogP contribution is -2.03. The highest BCUT2D eigenvalue weighted by atomic mass is 79.9. The molecule has 0 aliphatic rings. The fourth-order valence-electron chi connectivity index (χ4n) is 1.53. The first-order valence-electron chi connectivity index (χ1n) is 5.31. The van der Waals surface area contributed by atoms with Crippen molar-refractivity contribution in [3.8, 4) is 0 Å². The molecular weight excluding hydrogens is 298 g/mol. The summed E-state index contributed by atoms with van der Waals surface area (Å²) in [6.45, 7) is 0.589. The minimum absolute atomic E-state index is 0.255. The van der Waals surface area contributed by atoms with Crippen LogP contribution in [0.5, 0.6) is 0 Å². The molecule has 0 atom stereocenters. The van der Waals surface area contributed by atoms with Gasteiger partial charge in [-0.3, -0.25) is 4.68 Å². The van der Waals surface area contributed by atoms with Gasteiger partial charge in [0.2, 0.25) is 0 Å². The quantitative estimate of drug-likeness (QED) is 0.910. The molecule has 2 N–H and O–H groups in total. The molecule has 0 saturated heterocycles. The fraction of sp³-hybridized carbons (Fsp3) is 0.167. The number of nitrogens with zero attached hydrogens (tertiary/aromatic N) is 2. The minimum atomic E-state index is -0.938. The van der Waals surface area contributed by atoms with E-state index in [9.17, 15) is 4.79 Å². The van der Waals surface area contributed by atoms with Gasteiger partial charge in [-0.25, -0.2) is 4.79 Å². The van der Waals surface area contributed by atoms with Gasteiger partial charge in [0, 0.05) is 23.4 Å². The molecule has 0 bridgehead atoms. The molecule has 94 valence electrons. The zero-order valence-electron chi connectivity index (χ0n) is 9.72. The second-order valence-electron chi connectivity index (χ2n) is 3.83. The highest BCUT2D eigenvalue weighted by Crippen LogP contribution is 2.24. The summed E-state index contributed by atoms with van der Waals surface area (Å²) < 4.78 is 2.46. The Hall–Kier alpha value is -1.82. The van der Waals surface area contributed by atoms with E-state index in [4.69, 9.17) is 5.11 Å². The molecule has 1 heterocycles. The van der Waals surface area contributed by atoms with Crippen LogP contribution in [0.1, 0.15) is 16.1 Å². The van der Waals surface area contributed by atoms with E-state index in [1.807, 2.05) is 19.3 Å². The van der Waals surface area contributed by atoms with Crippen LogP contribution in [0.4, 0.5) is 5.69 Å². The first-order chi connectivity index (χ1) is 8.56. The van der Waals surface area contributed by atoms with Gasteiger partial charge in [-0.05, 0) is 40.2 Å². The van der Waals surface area contributed by atoms with Crippen molar-refractivity contribution in [2.75, 3.05) is 5.32 Å². The fourth-order valence-corrected chi connectivity index (χ4v) is 2.05. The lowest BCUT2D eigenvalue weighted by molar-refractivity contribution is 0.0697. The Morgan fingerprint density at radius 2 is 2.28 bits per heavy atom. The van der Waals surface area contributed by atoms with Crippen LogP contribution in [0, 0.1) is 0 Å². The van der Waals surface area contributed by atoms with Crippen molar-refractivity contribution in [3.05, 3.63) is 46.2 Å². The maximum atomic E-state index is 10.8. The van der Waals surface area contributed by atoms with Crippen LogP contribution in [-0.2, 0) is 13.6 Å². The maximum absolute atomic E-state index is 10.8. The maximum Gasteiger partial charge on any atom is 0.335 e. The Kier molecular flexibility index (Phi) is 3.66. The molecule has 18 heavy (non-hydrogen) atoms. The van der Waals surface area contributed by atoms with Gasteiger partial charge in [-0.15, -0.1) is 0 Å². The number of carboxylic acid groups (broad SMARTS) is 1. The van der Waals surface area contributed by atoms with Crippen molar-refractivity contribution in [3.63, 3.8) is 0 Å². The lowest BCUT2D eigenvalue weighted by Gasteiger charge is -2.07. The van der Waals surface area contributed by atoms with E-state index in [1.165, 1.54) is 0 Å². The van der Waals surface area contributed by atoms with E-state index in [1.54, 1.807) is 22.9 Å². The Labute approximate surface area is 113 Å². The Morgan fingerprint density at radius 1 is 1.50 bits per heavy atom. The smallest absolute Gasteiger partial charge is 0.335 e. The van der Waals surface area contributed by atoms with Crippen molar-refractivity contribution in [2.45, 2.75) is 6.54 Å². The van der Waals surface area contributed by atoms with Gasteiger partial charge in [-0.1, -0.05) is 0 Å². The van der Waals surface area contributed by atoms with Crippen molar-refractivity contribution < 1.29 is 9.90 Å². The minimum Gasteiger partial charge on any atom is -0.478 e. The van der Waals surface area contributed by atoms with E-state index in [2.05, 4.69) is 26.3 Å². The third-order valence-corrected chi connectivity index (χ3v) is 3.10. The SMILES string of the molecule is Cn1ccc(CNc2ccc(C(=O)O)cc2Br)n1. The number of rotatable bonds is 4. The van der Waals surface area contributed by atoms with Crippen LogP contribution in [0.3, 0.4) is 0 Å². The molecule has 2 rings (SSSR count). The van der Waals surface area contributed by atoms with Gasteiger partial charge >= 0.3 is 5.97 Å². The standard InChI is InChI=1S/C12H12BrN3O2/c1-16-5-4-9(15-16)7-14-11-3-2-8(12(17)18)6-10(11)13/h2-6,14H,7H2,1H3,(H,17,18). The largest absolute Gasteiger partial charge is 0.478 e. The van der Waals surface area contributed by atoms with Gasteiger partial charge < -0.3 is 10.4 Å².